The first-order chi connectivity index (χ1) is 15.5. The molecule has 0 aliphatic heterocycles. The summed E-state index contributed by atoms with van der Waals surface area (Å²) in [7, 11) is 0. The summed E-state index contributed by atoms with van der Waals surface area (Å²) < 4.78 is 0. The third-order valence-electron chi connectivity index (χ3n) is 8.25. The molecule has 0 heterocycles. The van der Waals surface area contributed by atoms with Crippen LogP contribution in [0.5, 0.6) is 11.5 Å². The van der Waals surface area contributed by atoms with Crippen molar-refractivity contribution >= 4 is 0 Å². The zero-order valence-electron chi connectivity index (χ0n) is 20.4. The molecule has 32 heavy (non-hydrogen) atoms. The van der Waals surface area contributed by atoms with E-state index in [0.717, 1.165) is 24.0 Å². The quantitative estimate of drug-likeness (QED) is 0.477. The first-order valence-corrected chi connectivity index (χ1v) is 13.2. The Morgan fingerprint density at radius 2 is 1.09 bits per heavy atom. The van der Waals surface area contributed by atoms with Crippen LogP contribution in [0.2, 0.25) is 0 Å². The van der Waals surface area contributed by atoms with Gasteiger partial charge < -0.3 is 10.2 Å². The average molecular weight is 435 g/mol. The average Bonchev–Trinajstić information content (AvgIpc) is 2.79. The van der Waals surface area contributed by atoms with E-state index in [2.05, 4.69) is 32.9 Å². The summed E-state index contributed by atoms with van der Waals surface area (Å²) in [4.78, 5) is 0. The van der Waals surface area contributed by atoms with Crippen LogP contribution < -0.4 is 0 Å². The van der Waals surface area contributed by atoms with Crippen LogP contribution in [0.1, 0.15) is 135 Å². The van der Waals surface area contributed by atoms with Crippen LogP contribution in [0.4, 0.5) is 0 Å². The lowest BCUT2D eigenvalue weighted by Crippen LogP contribution is -2.11. The van der Waals surface area contributed by atoms with Crippen molar-refractivity contribution in [3.8, 4) is 11.5 Å². The molecule has 2 N–H and O–H groups in total. The number of phenols is 2. The van der Waals surface area contributed by atoms with Crippen LogP contribution in [0, 0.1) is 13.8 Å². The molecule has 2 aliphatic rings. The van der Waals surface area contributed by atoms with Gasteiger partial charge in [0.2, 0.25) is 0 Å². The van der Waals surface area contributed by atoms with Crippen LogP contribution in [-0.4, -0.2) is 10.2 Å². The van der Waals surface area contributed by atoms with Gasteiger partial charge in [-0.3, -0.25) is 0 Å². The van der Waals surface area contributed by atoms with Gasteiger partial charge in [0.1, 0.15) is 11.5 Å². The van der Waals surface area contributed by atoms with Gasteiger partial charge in [0.25, 0.3) is 0 Å². The van der Waals surface area contributed by atoms with Crippen LogP contribution in [0.15, 0.2) is 24.3 Å². The molecule has 2 aromatic carbocycles. The number of phenolic OH excluding ortho intramolecular Hbond substituents is 2. The van der Waals surface area contributed by atoms with Gasteiger partial charge in [-0.05, 0) is 103 Å². The highest BCUT2D eigenvalue weighted by Gasteiger charge is 2.26. The molecule has 174 valence electrons. The first-order valence-electron chi connectivity index (χ1n) is 13.2. The number of aromatic hydroxyl groups is 2. The standard InChI is InChI=1S/C30H42O2/c1-4-11-24(25-18-27(29(31)16-20(25)2)22-12-7-5-8-13-22)26-19-28(30(32)17-21(26)3)23-14-9-6-10-15-23/h16-19,22-24,31-32H,4-15H2,1-3H3. The Balaban J connectivity index is 1.77. The molecule has 2 heteroatoms. The van der Waals surface area contributed by atoms with Crippen molar-refractivity contribution in [3.63, 3.8) is 0 Å². The Hall–Kier alpha value is -1.96. The Labute approximate surface area is 195 Å². The maximum absolute atomic E-state index is 10.8. The fraction of sp³-hybridized carbons (Fsp3) is 0.600. The van der Waals surface area contributed by atoms with Crippen molar-refractivity contribution < 1.29 is 10.2 Å². The molecule has 0 aromatic heterocycles. The summed E-state index contributed by atoms with van der Waals surface area (Å²) in [6, 6.07) is 8.71. The monoisotopic (exact) mass is 434 g/mol. The van der Waals surface area contributed by atoms with E-state index in [0.29, 0.717) is 29.3 Å². The Morgan fingerprint density at radius 3 is 1.47 bits per heavy atom. The van der Waals surface area contributed by atoms with Crippen LogP contribution in [0.3, 0.4) is 0 Å². The normalized spacial score (nSPS) is 18.4. The smallest absolute Gasteiger partial charge is 0.119 e. The van der Waals surface area contributed by atoms with Crippen molar-refractivity contribution in [2.45, 2.75) is 116 Å². The topological polar surface area (TPSA) is 40.5 Å². The number of benzene rings is 2. The third-order valence-corrected chi connectivity index (χ3v) is 8.25. The van der Waals surface area contributed by atoms with Gasteiger partial charge in [-0.1, -0.05) is 64.0 Å². The summed E-state index contributed by atoms with van der Waals surface area (Å²) in [5, 5.41) is 21.6. The highest BCUT2D eigenvalue weighted by atomic mass is 16.3. The fourth-order valence-corrected chi connectivity index (χ4v) is 6.45. The van der Waals surface area contributed by atoms with Gasteiger partial charge in [0.15, 0.2) is 0 Å². The molecule has 0 spiro atoms. The molecule has 2 aromatic rings. The molecule has 0 saturated heterocycles. The molecular weight excluding hydrogens is 392 g/mol. The molecule has 2 nitrogen and oxygen atoms in total. The lowest BCUT2D eigenvalue weighted by Gasteiger charge is -2.29. The highest BCUT2D eigenvalue weighted by molar-refractivity contribution is 5.51. The molecule has 0 radical (unpaired) electrons. The first kappa shape index (κ1) is 23.2. The summed E-state index contributed by atoms with van der Waals surface area (Å²) in [5.41, 5.74) is 7.44. The van der Waals surface area contributed by atoms with E-state index < -0.39 is 0 Å². The van der Waals surface area contributed by atoms with E-state index in [1.165, 1.54) is 86.5 Å². The second-order valence-electron chi connectivity index (χ2n) is 10.5. The SMILES string of the molecule is CCCC(c1cc(C2CCCCC2)c(O)cc1C)c1cc(C2CCCCC2)c(O)cc1C. The van der Waals surface area contributed by atoms with Gasteiger partial charge in [-0.25, -0.2) is 0 Å². The molecule has 2 fully saturated rings. The zero-order valence-corrected chi connectivity index (χ0v) is 20.4. The Bertz CT molecular complexity index is 843. The lowest BCUT2D eigenvalue weighted by atomic mass is 9.76. The van der Waals surface area contributed by atoms with E-state index in [1.807, 2.05) is 12.1 Å². The minimum Gasteiger partial charge on any atom is -0.508 e. The second-order valence-corrected chi connectivity index (χ2v) is 10.5. The van der Waals surface area contributed by atoms with Crippen LogP contribution in [-0.2, 0) is 0 Å². The van der Waals surface area contributed by atoms with E-state index in [-0.39, 0.29) is 0 Å². The summed E-state index contributed by atoms with van der Waals surface area (Å²) in [6.07, 6.45) is 14.7. The van der Waals surface area contributed by atoms with E-state index in [9.17, 15) is 10.2 Å². The molecule has 2 saturated carbocycles. The van der Waals surface area contributed by atoms with E-state index >= 15 is 0 Å². The predicted molar refractivity (Wildman–Crippen MR) is 134 cm³/mol. The van der Waals surface area contributed by atoms with Crippen molar-refractivity contribution in [3.05, 3.63) is 57.6 Å². The van der Waals surface area contributed by atoms with Gasteiger partial charge >= 0.3 is 0 Å². The maximum atomic E-state index is 10.8. The van der Waals surface area contributed by atoms with Crippen molar-refractivity contribution in [1.82, 2.24) is 0 Å². The Kier molecular flexibility index (Phi) is 7.48. The summed E-state index contributed by atoms with van der Waals surface area (Å²) in [6.45, 7) is 6.57. The number of rotatable bonds is 6. The molecule has 0 unspecified atom stereocenters. The van der Waals surface area contributed by atoms with Gasteiger partial charge in [0.05, 0.1) is 0 Å². The molecule has 4 rings (SSSR count). The predicted octanol–water partition coefficient (Wildman–Crippen LogP) is 8.74. The number of hydrogen-bond acceptors (Lipinski definition) is 2. The fourth-order valence-electron chi connectivity index (χ4n) is 6.45. The third kappa shape index (κ3) is 4.85. The van der Waals surface area contributed by atoms with Crippen molar-refractivity contribution in [2.75, 3.05) is 0 Å². The number of hydrogen-bond donors (Lipinski definition) is 2. The molecule has 2 aliphatic carbocycles. The van der Waals surface area contributed by atoms with Gasteiger partial charge in [-0.15, -0.1) is 0 Å². The largest absolute Gasteiger partial charge is 0.508 e. The van der Waals surface area contributed by atoms with Crippen LogP contribution >= 0.6 is 0 Å². The molecule has 0 atom stereocenters. The zero-order chi connectivity index (χ0) is 22.7. The number of aryl methyl sites for hydroxylation is 2. The minimum atomic E-state index is 0.311. The van der Waals surface area contributed by atoms with Gasteiger partial charge in [-0.2, -0.15) is 0 Å². The lowest BCUT2D eigenvalue weighted by molar-refractivity contribution is 0.413. The van der Waals surface area contributed by atoms with E-state index in [4.69, 9.17) is 0 Å². The minimum absolute atomic E-state index is 0.311. The highest BCUT2D eigenvalue weighted by Crippen LogP contribution is 2.44. The maximum Gasteiger partial charge on any atom is 0.119 e. The summed E-state index contributed by atoms with van der Waals surface area (Å²) >= 11 is 0. The molecule has 0 amide bonds. The van der Waals surface area contributed by atoms with Crippen LogP contribution in [0.25, 0.3) is 0 Å². The molecular formula is C30H42O2. The van der Waals surface area contributed by atoms with Crippen molar-refractivity contribution in [1.29, 1.82) is 0 Å². The molecule has 0 bridgehead atoms. The second kappa shape index (κ2) is 10.3. The van der Waals surface area contributed by atoms with E-state index in [1.54, 1.807) is 0 Å². The Morgan fingerprint density at radius 1 is 0.688 bits per heavy atom. The van der Waals surface area contributed by atoms with Crippen molar-refractivity contribution in [2.24, 2.45) is 0 Å². The van der Waals surface area contributed by atoms with Gasteiger partial charge in [0, 0.05) is 5.92 Å². The summed E-state index contributed by atoms with van der Waals surface area (Å²) in [5.74, 6) is 2.26.